The van der Waals surface area contributed by atoms with Crippen LogP contribution in [0.4, 0.5) is 0 Å². The summed E-state index contributed by atoms with van der Waals surface area (Å²) in [7, 11) is 2.83. The van der Waals surface area contributed by atoms with Crippen molar-refractivity contribution in [2.24, 2.45) is 4.99 Å². The number of hydrogen-bond donors (Lipinski definition) is 0. The molecule has 0 aliphatic heterocycles. The summed E-state index contributed by atoms with van der Waals surface area (Å²) in [5, 5.41) is 0.492. The molecule has 6 nitrogen and oxygen atoms in total. The van der Waals surface area contributed by atoms with Crippen molar-refractivity contribution in [2.45, 2.75) is 13.0 Å². The molecule has 2 aromatic carbocycles. The smallest absolute Gasteiger partial charge is 0.325 e. The van der Waals surface area contributed by atoms with Crippen LogP contribution in [0.25, 0.3) is 10.2 Å². The second kappa shape index (κ2) is 8.37. The van der Waals surface area contributed by atoms with Crippen LogP contribution in [0.1, 0.15) is 5.56 Å². The third kappa shape index (κ3) is 4.20. The van der Waals surface area contributed by atoms with Gasteiger partial charge in [-0.1, -0.05) is 53.3 Å². The van der Waals surface area contributed by atoms with Crippen molar-refractivity contribution in [1.82, 2.24) is 4.57 Å². The van der Waals surface area contributed by atoms with Gasteiger partial charge in [0, 0.05) is 0 Å². The van der Waals surface area contributed by atoms with E-state index in [1.54, 1.807) is 16.7 Å². The van der Waals surface area contributed by atoms with Crippen molar-refractivity contribution in [3.8, 4) is 5.75 Å². The lowest BCUT2D eigenvalue weighted by molar-refractivity contribution is -0.141. The first-order chi connectivity index (χ1) is 13.0. The fourth-order valence-electron chi connectivity index (χ4n) is 2.63. The van der Waals surface area contributed by atoms with Crippen LogP contribution in [-0.4, -0.2) is 30.7 Å². The maximum absolute atomic E-state index is 12.5. The molecule has 0 spiro atoms. The lowest BCUT2D eigenvalue weighted by atomic mass is 10.1. The molecule has 0 atom stereocenters. The van der Waals surface area contributed by atoms with Gasteiger partial charge < -0.3 is 14.0 Å². The molecular weight excluding hydrogens is 388 g/mol. The summed E-state index contributed by atoms with van der Waals surface area (Å²) in [5.74, 6) is -0.248. The van der Waals surface area contributed by atoms with Crippen molar-refractivity contribution < 1.29 is 19.1 Å². The van der Waals surface area contributed by atoms with Crippen molar-refractivity contribution in [3.05, 3.63) is 57.9 Å². The SMILES string of the molecule is COC(=O)Cn1c(=NC(=O)Cc2ccccc2)sc2c(Cl)ccc(OC)c21. The van der Waals surface area contributed by atoms with Crippen LogP contribution in [0.2, 0.25) is 5.02 Å². The second-order valence-corrected chi connectivity index (χ2v) is 7.03. The van der Waals surface area contributed by atoms with E-state index in [0.717, 1.165) is 5.56 Å². The molecule has 0 saturated heterocycles. The van der Waals surface area contributed by atoms with E-state index in [-0.39, 0.29) is 18.9 Å². The first kappa shape index (κ1) is 19.1. The van der Waals surface area contributed by atoms with E-state index in [4.69, 9.17) is 21.1 Å². The number of methoxy groups -OCH3 is 2. The average molecular weight is 405 g/mol. The van der Waals surface area contributed by atoms with Crippen LogP contribution in [0.3, 0.4) is 0 Å². The number of fused-ring (bicyclic) bond motifs is 1. The Balaban J connectivity index is 2.13. The Morgan fingerprint density at radius 2 is 1.89 bits per heavy atom. The molecule has 3 aromatic rings. The number of esters is 1. The van der Waals surface area contributed by atoms with Gasteiger partial charge in [0.15, 0.2) is 4.80 Å². The molecule has 27 heavy (non-hydrogen) atoms. The molecule has 1 amide bonds. The lowest BCUT2D eigenvalue weighted by Crippen LogP contribution is -2.23. The number of ether oxygens (including phenoxy) is 2. The minimum absolute atomic E-state index is 0.106. The number of amides is 1. The van der Waals surface area contributed by atoms with Gasteiger partial charge in [0.25, 0.3) is 5.91 Å². The number of thiazole rings is 1. The molecular formula is C19H17ClN2O4S. The fraction of sp³-hybridized carbons (Fsp3) is 0.211. The predicted molar refractivity (Wildman–Crippen MR) is 104 cm³/mol. The topological polar surface area (TPSA) is 69.9 Å². The van der Waals surface area contributed by atoms with Crippen molar-refractivity contribution >= 4 is 45.0 Å². The van der Waals surface area contributed by atoms with E-state index in [0.29, 0.717) is 25.8 Å². The molecule has 0 bridgehead atoms. The van der Waals surface area contributed by atoms with Gasteiger partial charge in [0.05, 0.1) is 30.4 Å². The molecule has 3 rings (SSSR count). The Hall–Kier alpha value is -2.64. The van der Waals surface area contributed by atoms with Crippen molar-refractivity contribution in [3.63, 3.8) is 0 Å². The summed E-state index contributed by atoms with van der Waals surface area (Å²) in [6, 6.07) is 12.8. The van der Waals surface area contributed by atoms with Crippen LogP contribution < -0.4 is 9.54 Å². The van der Waals surface area contributed by atoms with Gasteiger partial charge in [-0.05, 0) is 17.7 Å². The largest absolute Gasteiger partial charge is 0.495 e. The van der Waals surface area contributed by atoms with Crippen LogP contribution in [0.15, 0.2) is 47.5 Å². The molecule has 140 valence electrons. The van der Waals surface area contributed by atoms with Crippen molar-refractivity contribution in [1.29, 1.82) is 0 Å². The minimum atomic E-state index is -0.464. The van der Waals surface area contributed by atoms with Gasteiger partial charge in [-0.15, -0.1) is 0 Å². The Morgan fingerprint density at radius 3 is 2.56 bits per heavy atom. The Bertz CT molecular complexity index is 1060. The summed E-state index contributed by atoms with van der Waals surface area (Å²) in [4.78, 5) is 28.9. The normalized spacial score (nSPS) is 11.6. The number of nitrogens with zero attached hydrogens (tertiary/aromatic N) is 2. The molecule has 1 aromatic heterocycles. The second-order valence-electron chi connectivity index (χ2n) is 5.64. The number of carbonyl (C=O) groups excluding carboxylic acids is 2. The molecule has 0 unspecified atom stereocenters. The Morgan fingerprint density at radius 1 is 1.15 bits per heavy atom. The molecule has 1 heterocycles. The maximum Gasteiger partial charge on any atom is 0.325 e. The zero-order valence-electron chi connectivity index (χ0n) is 14.8. The van der Waals surface area contributed by atoms with Gasteiger partial charge in [-0.25, -0.2) is 0 Å². The third-order valence-corrected chi connectivity index (χ3v) is 5.43. The van der Waals surface area contributed by atoms with Gasteiger partial charge in [-0.3, -0.25) is 9.59 Å². The highest BCUT2D eigenvalue weighted by atomic mass is 35.5. The van der Waals surface area contributed by atoms with E-state index in [1.807, 2.05) is 30.3 Å². The average Bonchev–Trinajstić information content (AvgIpc) is 3.01. The Labute approximate surface area is 164 Å². The quantitative estimate of drug-likeness (QED) is 0.612. The molecule has 0 aliphatic carbocycles. The molecule has 0 fully saturated rings. The molecule has 8 heteroatoms. The molecule has 0 N–H and O–H groups in total. The zero-order valence-corrected chi connectivity index (χ0v) is 16.3. The van der Waals surface area contributed by atoms with E-state index >= 15 is 0 Å². The summed E-state index contributed by atoms with van der Waals surface area (Å²) in [6.07, 6.45) is 0.165. The summed E-state index contributed by atoms with van der Waals surface area (Å²) in [6.45, 7) is -0.106. The van der Waals surface area contributed by atoms with Crippen LogP contribution >= 0.6 is 22.9 Å². The summed E-state index contributed by atoms with van der Waals surface area (Å²) >= 11 is 7.53. The highest BCUT2D eigenvalue weighted by molar-refractivity contribution is 7.17. The zero-order chi connectivity index (χ0) is 19.4. The monoisotopic (exact) mass is 404 g/mol. The van der Waals surface area contributed by atoms with Crippen LogP contribution in [-0.2, 0) is 27.3 Å². The van der Waals surface area contributed by atoms with Crippen molar-refractivity contribution in [2.75, 3.05) is 14.2 Å². The first-order valence-corrected chi connectivity index (χ1v) is 9.27. The number of rotatable bonds is 5. The van der Waals surface area contributed by atoms with Gasteiger partial charge >= 0.3 is 5.97 Å². The third-order valence-electron chi connectivity index (χ3n) is 3.89. The number of carbonyl (C=O) groups is 2. The van der Waals surface area contributed by atoms with E-state index in [9.17, 15) is 9.59 Å². The van der Waals surface area contributed by atoms with E-state index in [2.05, 4.69) is 4.99 Å². The first-order valence-electron chi connectivity index (χ1n) is 8.07. The maximum atomic E-state index is 12.5. The van der Waals surface area contributed by atoms with Gasteiger partial charge in [-0.2, -0.15) is 4.99 Å². The highest BCUT2D eigenvalue weighted by Crippen LogP contribution is 2.33. The summed E-state index contributed by atoms with van der Waals surface area (Å²) in [5.41, 5.74) is 1.47. The fourth-order valence-corrected chi connectivity index (χ4v) is 3.97. The Kier molecular flexibility index (Phi) is 5.93. The number of halogens is 1. The van der Waals surface area contributed by atoms with Gasteiger partial charge in [0.2, 0.25) is 0 Å². The number of aromatic nitrogens is 1. The number of benzene rings is 2. The predicted octanol–water partition coefficient (Wildman–Crippen LogP) is 3.21. The summed E-state index contributed by atoms with van der Waals surface area (Å²) < 4.78 is 12.5. The van der Waals surface area contributed by atoms with Crippen LogP contribution in [0.5, 0.6) is 5.75 Å². The minimum Gasteiger partial charge on any atom is -0.495 e. The molecule has 0 aliphatic rings. The standard InChI is InChI=1S/C19H17ClN2O4S/c1-25-14-9-8-13(20)18-17(14)22(11-16(24)26-2)19(27-18)21-15(23)10-12-6-4-3-5-7-12/h3-9H,10-11H2,1-2H3. The van der Waals surface area contributed by atoms with Gasteiger partial charge in [0.1, 0.15) is 17.8 Å². The molecule has 0 saturated carbocycles. The molecule has 0 radical (unpaired) electrons. The van der Waals surface area contributed by atoms with Crippen LogP contribution in [0, 0.1) is 0 Å². The van der Waals surface area contributed by atoms with E-state index < -0.39 is 5.97 Å². The lowest BCUT2D eigenvalue weighted by Gasteiger charge is -2.08. The number of hydrogen-bond acceptors (Lipinski definition) is 5. The van der Waals surface area contributed by atoms with E-state index in [1.165, 1.54) is 25.6 Å². The highest BCUT2D eigenvalue weighted by Gasteiger charge is 2.17.